The van der Waals surface area contributed by atoms with Crippen LogP contribution in [0, 0.1) is 5.82 Å². The Labute approximate surface area is 100.0 Å². The minimum Gasteiger partial charge on any atom is -0.342 e. The average molecular weight is 265 g/mol. The number of hydrazine groups is 1. The molecule has 1 aromatic rings. The van der Waals surface area contributed by atoms with Crippen molar-refractivity contribution in [3.05, 3.63) is 12.0 Å². The molecule has 1 heterocycles. The lowest BCUT2D eigenvalue weighted by Crippen LogP contribution is -2.37. The number of nitrogens with two attached hydrogens (primary N) is 1. The van der Waals surface area contributed by atoms with E-state index in [9.17, 15) is 17.6 Å². The van der Waals surface area contributed by atoms with Gasteiger partial charge in [0.05, 0.1) is 6.20 Å². The minimum absolute atomic E-state index is 0.126. The molecule has 0 spiro atoms. The number of alkyl halides is 3. The highest BCUT2D eigenvalue weighted by molar-refractivity contribution is 5.46. The highest BCUT2D eigenvalue weighted by Crippen LogP contribution is 2.34. The lowest BCUT2D eigenvalue weighted by Gasteiger charge is -2.25. The van der Waals surface area contributed by atoms with Crippen LogP contribution < -0.4 is 16.2 Å². The van der Waals surface area contributed by atoms with Gasteiger partial charge >= 0.3 is 6.18 Å². The molecule has 1 fully saturated rings. The summed E-state index contributed by atoms with van der Waals surface area (Å²) >= 11 is 0. The molecule has 0 unspecified atom stereocenters. The van der Waals surface area contributed by atoms with E-state index in [2.05, 4.69) is 15.4 Å². The summed E-state index contributed by atoms with van der Waals surface area (Å²) in [4.78, 5) is 8.03. The number of anilines is 2. The third-order valence-corrected chi connectivity index (χ3v) is 2.46. The molecule has 100 valence electrons. The second-order valence-electron chi connectivity index (χ2n) is 3.98. The standard InChI is InChI=1S/C9H11F4N5/c10-6-3-15-8(17-14)16-7(6)18(5-1-2-5)4-9(11,12)13/h3,5H,1-2,4,14H2,(H,15,16,17). The molecule has 9 heteroatoms. The van der Waals surface area contributed by atoms with E-state index >= 15 is 0 Å². The van der Waals surface area contributed by atoms with Gasteiger partial charge in [0.2, 0.25) is 5.95 Å². The number of hydrogen-bond donors (Lipinski definition) is 2. The molecule has 0 aromatic carbocycles. The molecular formula is C9H11F4N5. The van der Waals surface area contributed by atoms with Gasteiger partial charge in [-0.15, -0.1) is 0 Å². The monoisotopic (exact) mass is 265 g/mol. The molecule has 1 aromatic heterocycles. The Morgan fingerprint density at radius 1 is 1.44 bits per heavy atom. The third kappa shape index (κ3) is 2.97. The van der Waals surface area contributed by atoms with Crippen molar-refractivity contribution < 1.29 is 17.6 Å². The fraction of sp³-hybridized carbons (Fsp3) is 0.556. The van der Waals surface area contributed by atoms with Gasteiger partial charge in [0, 0.05) is 6.04 Å². The first-order valence-corrected chi connectivity index (χ1v) is 5.23. The molecule has 18 heavy (non-hydrogen) atoms. The summed E-state index contributed by atoms with van der Waals surface area (Å²) in [6.45, 7) is -1.24. The lowest BCUT2D eigenvalue weighted by molar-refractivity contribution is -0.120. The average Bonchev–Trinajstić information content (AvgIpc) is 3.09. The first kappa shape index (κ1) is 12.8. The van der Waals surface area contributed by atoms with E-state index in [1.54, 1.807) is 0 Å². The van der Waals surface area contributed by atoms with E-state index in [0.29, 0.717) is 12.8 Å². The zero-order valence-electron chi connectivity index (χ0n) is 9.21. The first-order valence-electron chi connectivity index (χ1n) is 5.23. The van der Waals surface area contributed by atoms with Gasteiger partial charge < -0.3 is 4.90 Å². The summed E-state index contributed by atoms with van der Waals surface area (Å²) in [5.74, 6) is 3.65. The number of nitrogens with one attached hydrogen (secondary N) is 1. The molecule has 1 aliphatic rings. The first-order chi connectivity index (χ1) is 8.40. The summed E-state index contributed by atoms with van der Waals surface area (Å²) in [6.07, 6.45) is -2.45. The van der Waals surface area contributed by atoms with Crippen molar-refractivity contribution in [1.82, 2.24) is 9.97 Å². The van der Waals surface area contributed by atoms with Crippen LogP contribution in [0.2, 0.25) is 0 Å². The van der Waals surface area contributed by atoms with E-state index in [-0.39, 0.29) is 17.8 Å². The van der Waals surface area contributed by atoms with Crippen LogP contribution in [0.25, 0.3) is 0 Å². The Kier molecular flexibility index (Phi) is 3.24. The minimum atomic E-state index is -4.42. The van der Waals surface area contributed by atoms with Gasteiger partial charge in [0.25, 0.3) is 0 Å². The largest absolute Gasteiger partial charge is 0.405 e. The third-order valence-electron chi connectivity index (χ3n) is 2.46. The molecule has 2 rings (SSSR count). The van der Waals surface area contributed by atoms with Crippen LogP contribution in [0.5, 0.6) is 0 Å². The Bertz CT molecular complexity index is 431. The van der Waals surface area contributed by atoms with Crippen LogP contribution in [0.3, 0.4) is 0 Å². The molecule has 3 N–H and O–H groups in total. The van der Waals surface area contributed by atoms with Crippen LogP contribution >= 0.6 is 0 Å². The van der Waals surface area contributed by atoms with Crippen molar-refractivity contribution in [3.8, 4) is 0 Å². The summed E-state index contributed by atoms with van der Waals surface area (Å²) in [5.41, 5.74) is 2.07. The fourth-order valence-corrected chi connectivity index (χ4v) is 1.59. The van der Waals surface area contributed by atoms with E-state index in [1.165, 1.54) is 0 Å². The molecule has 0 bridgehead atoms. The smallest absolute Gasteiger partial charge is 0.342 e. The second kappa shape index (κ2) is 4.56. The number of aromatic nitrogens is 2. The van der Waals surface area contributed by atoms with Crippen molar-refractivity contribution in [2.45, 2.75) is 25.1 Å². The highest BCUT2D eigenvalue weighted by Gasteiger charge is 2.40. The summed E-state index contributed by atoms with van der Waals surface area (Å²) in [5, 5.41) is 0. The topological polar surface area (TPSA) is 67.1 Å². The van der Waals surface area contributed by atoms with Crippen LogP contribution in [-0.4, -0.2) is 28.7 Å². The van der Waals surface area contributed by atoms with Crippen molar-refractivity contribution in [2.24, 2.45) is 5.84 Å². The van der Waals surface area contributed by atoms with Crippen LogP contribution in [0.1, 0.15) is 12.8 Å². The normalized spacial score (nSPS) is 15.6. The fourth-order valence-electron chi connectivity index (χ4n) is 1.59. The Morgan fingerprint density at radius 3 is 2.61 bits per heavy atom. The lowest BCUT2D eigenvalue weighted by atomic mass is 10.4. The van der Waals surface area contributed by atoms with E-state index < -0.39 is 18.5 Å². The van der Waals surface area contributed by atoms with E-state index in [4.69, 9.17) is 5.84 Å². The van der Waals surface area contributed by atoms with Crippen LogP contribution in [0.15, 0.2) is 6.20 Å². The quantitative estimate of drug-likeness (QED) is 0.490. The SMILES string of the molecule is NNc1ncc(F)c(N(CC(F)(F)F)C2CC2)n1. The number of halogens is 4. The Morgan fingerprint density at radius 2 is 2.11 bits per heavy atom. The maximum absolute atomic E-state index is 13.5. The molecule has 1 saturated carbocycles. The van der Waals surface area contributed by atoms with Gasteiger partial charge in [-0.3, -0.25) is 5.43 Å². The Hall–Kier alpha value is -1.64. The van der Waals surface area contributed by atoms with Crippen LogP contribution in [0.4, 0.5) is 29.3 Å². The van der Waals surface area contributed by atoms with Crippen LogP contribution in [-0.2, 0) is 0 Å². The maximum Gasteiger partial charge on any atom is 0.405 e. The number of nitrogen functional groups attached to an aromatic ring is 1. The van der Waals surface area contributed by atoms with Crippen molar-refractivity contribution in [3.63, 3.8) is 0 Å². The summed E-state index contributed by atoms with van der Waals surface area (Å²) < 4.78 is 50.9. The zero-order valence-corrected chi connectivity index (χ0v) is 9.21. The van der Waals surface area contributed by atoms with Crippen molar-refractivity contribution >= 4 is 11.8 Å². The van der Waals surface area contributed by atoms with Crippen molar-refractivity contribution in [1.29, 1.82) is 0 Å². The molecule has 0 aliphatic heterocycles. The molecule has 0 radical (unpaired) electrons. The summed E-state index contributed by atoms with van der Waals surface area (Å²) in [6, 6.07) is -0.332. The second-order valence-corrected chi connectivity index (χ2v) is 3.98. The molecule has 1 aliphatic carbocycles. The van der Waals surface area contributed by atoms with Gasteiger partial charge in [0.15, 0.2) is 11.6 Å². The maximum atomic E-state index is 13.5. The predicted octanol–water partition coefficient (Wildman–Crippen LogP) is 1.43. The molecule has 0 saturated heterocycles. The molecule has 5 nitrogen and oxygen atoms in total. The molecule has 0 amide bonds. The zero-order chi connectivity index (χ0) is 13.3. The number of nitrogens with zero attached hydrogens (tertiary/aromatic N) is 3. The van der Waals surface area contributed by atoms with Gasteiger partial charge in [-0.1, -0.05) is 0 Å². The van der Waals surface area contributed by atoms with Crippen molar-refractivity contribution in [2.75, 3.05) is 16.9 Å². The van der Waals surface area contributed by atoms with Gasteiger partial charge in [-0.05, 0) is 12.8 Å². The summed E-state index contributed by atoms with van der Waals surface area (Å²) in [7, 11) is 0. The Balaban J connectivity index is 2.30. The highest BCUT2D eigenvalue weighted by atomic mass is 19.4. The number of rotatable bonds is 4. The van der Waals surface area contributed by atoms with Gasteiger partial charge in [-0.25, -0.2) is 15.2 Å². The van der Waals surface area contributed by atoms with Gasteiger partial charge in [0.1, 0.15) is 6.54 Å². The van der Waals surface area contributed by atoms with E-state index in [1.807, 2.05) is 0 Å². The van der Waals surface area contributed by atoms with Gasteiger partial charge in [-0.2, -0.15) is 18.2 Å². The van der Waals surface area contributed by atoms with E-state index in [0.717, 1.165) is 11.1 Å². The molecular weight excluding hydrogens is 254 g/mol. The predicted molar refractivity (Wildman–Crippen MR) is 56.2 cm³/mol. The molecule has 0 atom stereocenters. The number of hydrogen-bond acceptors (Lipinski definition) is 5.